The van der Waals surface area contributed by atoms with Gasteiger partial charge >= 0.3 is 0 Å². The molecule has 34 heavy (non-hydrogen) atoms. The van der Waals surface area contributed by atoms with E-state index in [1.807, 2.05) is 31.2 Å². The van der Waals surface area contributed by atoms with Gasteiger partial charge in [-0.15, -0.1) is 0 Å². The number of nitrogens with one attached hydrogen (secondary N) is 1. The molecule has 4 fully saturated rings. The summed E-state index contributed by atoms with van der Waals surface area (Å²) in [4.78, 5) is 7.74. The van der Waals surface area contributed by atoms with Gasteiger partial charge in [0, 0.05) is 57.5 Å². The number of piperidine rings is 3. The number of halogens is 1. The highest BCUT2D eigenvalue weighted by molar-refractivity contribution is 7.89. The lowest BCUT2D eigenvalue weighted by Gasteiger charge is -2.51. The molecule has 0 amide bonds. The third kappa shape index (κ3) is 5.30. The van der Waals surface area contributed by atoms with Crippen LogP contribution in [0.2, 0.25) is 0 Å². The molecule has 4 saturated heterocycles. The fourth-order valence-corrected chi connectivity index (χ4v) is 6.92. The first kappa shape index (κ1) is 23.7. The number of fused-ring (bicyclic) bond motifs is 3. The van der Waals surface area contributed by atoms with Crippen molar-refractivity contribution in [3.63, 3.8) is 0 Å². The van der Waals surface area contributed by atoms with Gasteiger partial charge in [0.15, 0.2) is 0 Å². The molecule has 6 rings (SSSR count). The number of benzene rings is 2. The number of piperazine rings is 1. The van der Waals surface area contributed by atoms with E-state index in [0.717, 1.165) is 63.5 Å². The van der Waals surface area contributed by atoms with E-state index >= 15 is 0 Å². The van der Waals surface area contributed by atoms with Crippen molar-refractivity contribution in [2.24, 2.45) is 11.8 Å². The molecule has 2 aromatic carbocycles. The van der Waals surface area contributed by atoms with Crippen molar-refractivity contribution in [2.45, 2.75) is 30.7 Å². The van der Waals surface area contributed by atoms with Crippen LogP contribution in [0.1, 0.15) is 18.4 Å². The Morgan fingerprint density at radius 1 is 0.971 bits per heavy atom. The highest BCUT2D eigenvalue weighted by Gasteiger charge is 2.41. The molecule has 4 aliphatic rings. The molecule has 8 heteroatoms. The first-order valence-corrected chi connectivity index (χ1v) is 13.9. The second-order valence-electron chi connectivity index (χ2n) is 10.1. The highest BCUT2D eigenvalue weighted by atomic mass is 32.2. The first-order chi connectivity index (χ1) is 16.4. The van der Waals surface area contributed by atoms with Crippen LogP contribution in [0.5, 0.6) is 0 Å². The van der Waals surface area contributed by atoms with Gasteiger partial charge in [-0.1, -0.05) is 17.7 Å². The number of aryl methyl sites for hydroxylation is 1. The predicted molar refractivity (Wildman–Crippen MR) is 133 cm³/mol. The zero-order valence-corrected chi connectivity index (χ0v) is 20.7. The summed E-state index contributed by atoms with van der Waals surface area (Å²) in [6, 6.07) is 14.1. The van der Waals surface area contributed by atoms with E-state index in [9.17, 15) is 12.8 Å². The molecule has 0 aromatic heterocycles. The quantitative estimate of drug-likeness (QED) is 0.652. The van der Waals surface area contributed by atoms with E-state index in [2.05, 4.69) is 19.4 Å². The average Bonchev–Trinajstić information content (AvgIpc) is 2.85. The van der Waals surface area contributed by atoms with Crippen LogP contribution in [0, 0.1) is 24.6 Å². The van der Waals surface area contributed by atoms with Crippen LogP contribution in [0.4, 0.5) is 10.1 Å². The maximum atomic E-state index is 13.2. The van der Waals surface area contributed by atoms with Crippen molar-refractivity contribution >= 4 is 15.7 Å². The van der Waals surface area contributed by atoms with Crippen LogP contribution in [-0.2, 0) is 10.0 Å². The van der Waals surface area contributed by atoms with Gasteiger partial charge in [-0.05, 0) is 74.5 Å². The number of sulfonamides is 1. The summed E-state index contributed by atoms with van der Waals surface area (Å²) in [5.41, 5.74) is 2.15. The van der Waals surface area contributed by atoms with Gasteiger partial charge in [0.05, 0.1) is 4.90 Å². The molecule has 4 heterocycles. The van der Waals surface area contributed by atoms with Crippen LogP contribution in [0.25, 0.3) is 0 Å². The normalized spacial score (nSPS) is 27.8. The summed E-state index contributed by atoms with van der Waals surface area (Å²) >= 11 is 0. The molecular formula is C26H35FN4O2S. The lowest BCUT2D eigenvalue weighted by atomic mass is 9.75. The Morgan fingerprint density at radius 2 is 1.68 bits per heavy atom. The van der Waals surface area contributed by atoms with Crippen molar-refractivity contribution in [1.82, 2.24) is 14.5 Å². The molecule has 1 unspecified atom stereocenters. The third-order valence-corrected chi connectivity index (χ3v) is 9.35. The lowest BCUT2D eigenvalue weighted by molar-refractivity contribution is -0.0107. The Morgan fingerprint density at radius 3 is 2.32 bits per heavy atom. The highest BCUT2D eigenvalue weighted by Crippen LogP contribution is 2.37. The summed E-state index contributed by atoms with van der Waals surface area (Å²) in [7, 11) is -3.47. The summed E-state index contributed by atoms with van der Waals surface area (Å²) in [5.74, 6) is 1.12. The minimum atomic E-state index is -3.47. The van der Waals surface area contributed by atoms with Gasteiger partial charge in [0.25, 0.3) is 0 Å². The summed E-state index contributed by atoms with van der Waals surface area (Å²) in [6.07, 6.45) is 2.28. The van der Waals surface area contributed by atoms with Crippen LogP contribution < -0.4 is 9.62 Å². The third-order valence-electron chi connectivity index (χ3n) is 7.91. The van der Waals surface area contributed by atoms with Crippen molar-refractivity contribution in [1.29, 1.82) is 0 Å². The van der Waals surface area contributed by atoms with E-state index in [1.54, 1.807) is 12.1 Å². The van der Waals surface area contributed by atoms with Crippen molar-refractivity contribution in [3.8, 4) is 0 Å². The molecule has 184 valence electrons. The van der Waals surface area contributed by atoms with Crippen molar-refractivity contribution in [3.05, 3.63) is 59.9 Å². The van der Waals surface area contributed by atoms with E-state index in [1.165, 1.54) is 18.6 Å². The second kappa shape index (κ2) is 9.93. The maximum absolute atomic E-state index is 13.2. The minimum absolute atomic E-state index is 0.189. The molecular weight excluding hydrogens is 451 g/mol. The van der Waals surface area contributed by atoms with Crippen LogP contribution >= 0.6 is 0 Å². The van der Waals surface area contributed by atoms with E-state index in [4.69, 9.17) is 0 Å². The minimum Gasteiger partial charge on any atom is -0.369 e. The van der Waals surface area contributed by atoms with Crippen molar-refractivity contribution in [2.75, 3.05) is 57.3 Å². The number of hydrogen-bond acceptors (Lipinski definition) is 5. The molecule has 0 aliphatic carbocycles. The largest absolute Gasteiger partial charge is 0.369 e. The molecule has 2 aromatic rings. The van der Waals surface area contributed by atoms with Gasteiger partial charge in [-0.2, -0.15) is 0 Å². The van der Waals surface area contributed by atoms with Crippen LogP contribution in [0.3, 0.4) is 0 Å². The van der Waals surface area contributed by atoms with Gasteiger partial charge in [0.1, 0.15) is 5.82 Å². The number of nitrogens with zero attached hydrogens (tertiary/aromatic N) is 3. The zero-order chi connectivity index (χ0) is 23.7. The predicted octanol–water partition coefficient (Wildman–Crippen LogP) is 2.95. The van der Waals surface area contributed by atoms with E-state index < -0.39 is 10.0 Å². The SMILES string of the molecule is Cc1ccc(S(=O)(=O)NC[C@H]2C[C@@H]3CCN2C[C@@H]3CN2CCN(c3ccc(F)cc3)CC2)cc1. The Bertz CT molecular complexity index is 1070. The fraction of sp³-hybridized carbons (Fsp3) is 0.538. The molecule has 2 bridgehead atoms. The molecule has 0 spiro atoms. The van der Waals surface area contributed by atoms with Gasteiger partial charge in [-0.3, -0.25) is 9.80 Å². The molecule has 0 saturated carbocycles. The van der Waals surface area contributed by atoms with E-state index in [-0.39, 0.29) is 11.9 Å². The van der Waals surface area contributed by atoms with Crippen LogP contribution in [-0.4, -0.2) is 76.6 Å². The first-order valence-electron chi connectivity index (χ1n) is 12.4. The average molecular weight is 487 g/mol. The molecule has 4 atom stereocenters. The lowest BCUT2D eigenvalue weighted by Crippen LogP contribution is -2.59. The number of anilines is 1. The van der Waals surface area contributed by atoms with Crippen molar-refractivity contribution < 1.29 is 12.8 Å². The van der Waals surface area contributed by atoms with E-state index in [0.29, 0.717) is 23.3 Å². The molecule has 4 aliphatic heterocycles. The van der Waals surface area contributed by atoms with Gasteiger partial charge in [0.2, 0.25) is 10.0 Å². The topological polar surface area (TPSA) is 55.9 Å². The fourth-order valence-electron chi connectivity index (χ4n) is 5.85. The van der Waals surface area contributed by atoms with Gasteiger partial charge < -0.3 is 4.90 Å². The second-order valence-corrected chi connectivity index (χ2v) is 11.9. The summed E-state index contributed by atoms with van der Waals surface area (Å²) in [6.45, 7) is 9.66. The maximum Gasteiger partial charge on any atom is 0.240 e. The molecule has 1 N–H and O–H groups in total. The Kier molecular flexibility index (Phi) is 6.93. The monoisotopic (exact) mass is 486 g/mol. The number of rotatable bonds is 7. The zero-order valence-electron chi connectivity index (χ0n) is 19.9. The molecule has 0 radical (unpaired) electrons. The smallest absolute Gasteiger partial charge is 0.240 e. The molecule has 6 nitrogen and oxygen atoms in total. The summed E-state index contributed by atoms with van der Waals surface area (Å²) in [5, 5.41) is 0. The Labute approximate surface area is 202 Å². The summed E-state index contributed by atoms with van der Waals surface area (Å²) < 4.78 is 41.5. The Hall–Kier alpha value is -2.00. The standard InChI is InChI=1S/C26H35FN4O2S/c1-20-2-8-26(9-3-20)34(32,33)28-17-25-16-21-10-11-31(25)19-22(21)18-29-12-14-30(15-13-29)24-6-4-23(27)5-7-24/h2-9,21-22,25,28H,10-19H2,1H3/t21-,22-,25+/m0/s1. The Balaban J connectivity index is 1.10. The van der Waals surface area contributed by atoms with Gasteiger partial charge in [-0.25, -0.2) is 17.5 Å². The van der Waals surface area contributed by atoms with Crippen LogP contribution in [0.15, 0.2) is 53.4 Å². The number of hydrogen-bond donors (Lipinski definition) is 1.